The van der Waals surface area contributed by atoms with Crippen LogP contribution in [0.5, 0.6) is 0 Å². The van der Waals surface area contributed by atoms with Gasteiger partial charge < -0.3 is 5.11 Å². The molecule has 21 heavy (non-hydrogen) atoms. The highest BCUT2D eigenvalue weighted by molar-refractivity contribution is 7.88. The lowest BCUT2D eigenvalue weighted by Gasteiger charge is -2.20. The first-order chi connectivity index (χ1) is 9.80. The number of hydrogen-bond acceptors (Lipinski definition) is 4. The fraction of sp³-hybridized carbons (Fsp3) is 0.429. The Bertz CT molecular complexity index is 649. The van der Waals surface area contributed by atoms with Gasteiger partial charge in [-0.3, -0.25) is 4.79 Å². The van der Waals surface area contributed by atoms with Crippen molar-refractivity contribution in [2.45, 2.75) is 32.1 Å². The summed E-state index contributed by atoms with van der Waals surface area (Å²) in [5.74, 6) is -1.96. The summed E-state index contributed by atoms with van der Waals surface area (Å²) in [7, 11) is -3.85. The predicted octanol–water partition coefficient (Wildman–Crippen LogP) is 1.48. The Labute approximate surface area is 124 Å². The largest absolute Gasteiger partial charge is 0.480 e. The molecule has 0 aromatic heterocycles. The number of carboxylic acids is 1. The minimum absolute atomic E-state index is 0.262. The SMILES string of the molecule is CC[C@H](C)[C@H](NS(=O)(=O)Cc1ccccc1C#N)C(=O)O. The highest BCUT2D eigenvalue weighted by Gasteiger charge is 2.28. The van der Waals surface area contributed by atoms with Crippen LogP contribution in [0.2, 0.25) is 0 Å². The van der Waals surface area contributed by atoms with Gasteiger partial charge in [-0.1, -0.05) is 38.5 Å². The van der Waals surface area contributed by atoms with E-state index in [-0.39, 0.29) is 11.5 Å². The summed E-state index contributed by atoms with van der Waals surface area (Å²) in [5.41, 5.74) is 0.610. The molecular formula is C14H18N2O4S. The third kappa shape index (κ3) is 4.85. The van der Waals surface area contributed by atoms with Crippen molar-refractivity contribution >= 4 is 16.0 Å². The van der Waals surface area contributed by atoms with Crippen LogP contribution in [0.1, 0.15) is 31.4 Å². The van der Waals surface area contributed by atoms with E-state index >= 15 is 0 Å². The van der Waals surface area contributed by atoms with E-state index in [1.54, 1.807) is 26.0 Å². The molecule has 7 heteroatoms. The van der Waals surface area contributed by atoms with E-state index in [4.69, 9.17) is 10.4 Å². The van der Waals surface area contributed by atoms with Gasteiger partial charge in [0.15, 0.2) is 0 Å². The number of rotatable bonds is 7. The Kier molecular flexibility index (Phi) is 5.88. The molecule has 0 bridgehead atoms. The zero-order valence-corrected chi connectivity index (χ0v) is 12.7. The second-order valence-electron chi connectivity index (χ2n) is 4.85. The van der Waals surface area contributed by atoms with Gasteiger partial charge in [-0.25, -0.2) is 13.1 Å². The van der Waals surface area contributed by atoms with Crippen LogP contribution in [0.25, 0.3) is 0 Å². The first-order valence-corrected chi connectivity index (χ1v) is 8.16. The molecule has 0 saturated heterocycles. The van der Waals surface area contributed by atoms with Crippen molar-refractivity contribution in [2.75, 3.05) is 0 Å². The molecule has 0 heterocycles. The lowest BCUT2D eigenvalue weighted by molar-refractivity contribution is -0.140. The molecule has 2 atom stereocenters. The van der Waals surface area contributed by atoms with Gasteiger partial charge in [0, 0.05) is 0 Å². The minimum Gasteiger partial charge on any atom is -0.480 e. The molecule has 1 aromatic carbocycles. The average Bonchev–Trinajstić information content (AvgIpc) is 2.44. The summed E-state index contributed by atoms with van der Waals surface area (Å²) >= 11 is 0. The Hall–Kier alpha value is -1.91. The van der Waals surface area contributed by atoms with E-state index in [0.717, 1.165) is 0 Å². The fourth-order valence-electron chi connectivity index (χ4n) is 1.84. The van der Waals surface area contributed by atoms with Gasteiger partial charge in [0.2, 0.25) is 10.0 Å². The summed E-state index contributed by atoms with van der Waals surface area (Å²) in [6.45, 7) is 3.46. The zero-order valence-electron chi connectivity index (χ0n) is 11.9. The second-order valence-corrected chi connectivity index (χ2v) is 6.60. The number of nitriles is 1. The number of nitrogens with zero attached hydrogens (tertiary/aromatic N) is 1. The molecule has 0 aliphatic heterocycles. The summed E-state index contributed by atoms with van der Waals surface area (Å²) in [5, 5.41) is 18.1. The quantitative estimate of drug-likeness (QED) is 0.793. The molecule has 2 N–H and O–H groups in total. The average molecular weight is 310 g/mol. The Morgan fingerprint density at radius 3 is 2.57 bits per heavy atom. The van der Waals surface area contributed by atoms with Gasteiger partial charge in [0.25, 0.3) is 0 Å². The first-order valence-electron chi connectivity index (χ1n) is 6.51. The fourth-order valence-corrected chi connectivity index (χ4v) is 3.31. The standard InChI is InChI=1S/C14H18N2O4S/c1-3-10(2)13(14(17)18)16-21(19,20)9-12-7-5-4-6-11(12)8-15/h4-7,10,13,16H,3,9H2,1-2H3,(H,17,18)/t10-,13-/m0/s1. The van der Waals surface area contributed by atoms with Gasteiger partial charge in [0.05, 0.1) is 17.4 Å². The van der Waals surface area contributed by atoms with Crippen LogP contribution in [0.4, 0.5) is 0 Å². The van der Waals surface area contributed by atoms with Crippen molar-refractivity contribution < 1.29 is 18.3 Å². The Balaban J connectivity index is 2.96. The van der Waals surface area contributed by atoms with Crippen LogP contribution in [-0.2, 0) is 20.6 Å². The van der Waals surface area contributed by atoms with Crippen LogP contribution in [0.3, 0.4) is 0 Å². The summed E-state index contributed by atoms with van der Waals surface area (Å²) in [6, 6.07) is 7.08. The van der Waals surface area contributed by atoms with Crippen LogP contribution < -0.4 is 4.72 Å². The molecule has 0 fully saturated rings. The molecular weight excluding hydrogens is 292 g/mol. The molecule has 1 rings (SSSR count). The zero-order chi connectivity index (χ0) is 16.0. The van der Waals surface area contributed by atoms with Crippen molar-refractivity contribution in [3.63, 3.8) is 0 Å². The maximum atomic E-state index is 12.1. The summed E-state index contributed by atoms with van der Waals surface area (Å²) in [4.78, 5) is 11.2. The molecule has 0 spiro atoms. The molecule has 0 saturated carbocycles. The number of carbonyl (C=O) groups is 1. The third-order valence-electron chi connectivity index (χ3n) is 3.27. The normalized spacial score (nSPS) is 14.1. The van der Waals surface area contributed by atoms with Crippen molar-refractivity contribution in [3.8, 4) is 6.07 Å². The van der Waals surface area contributed by atoms with Crippen molar-refractivity contribution in [2.24, 2.45) is 5.92 Å². The minimum atomic E-state index is -3.85. The molecule has 0 amide bonds. The van der Waals surface area contributed by atoms with Crippen LogP contribution in [0.15, 0.2) is 24.3 Å². The highest BCUT2D eigenvalue weighted by Crippen LogP contribution is 2.14. The van der Waals surface area contributed by atoms with Crippen LogP contribution in [-0.4, -0.2) is 25.5 Å². The molecule has 0 aliphatic rings. The van der Waals surface area contributed by atoms with Gasteiger partial charge in [-0.15, -0.1) is 0 Å². The van der Waals surface area contributed by atoms with Crippen LogP contribution in [0, 0.1) is 17.2 Å². The van der Waals surface area contributed by atoms with E-state index in [9.17, 15) is 13.2 Å². The smallest absolute Gasteiger partial charge is 0.322 e. The Morgan fingerprint density at radius 1 is 1.43 bits per heavy atom. The maximum Gasteiger partial charge on any atom is 0.322 e. The number of hydrogen-bond donors (Lipinski definition) is 2. The van der Waals surface area contributed by atoms with Crippen molar-refractivity contribution in [3.05, 3.63) is 35.4 Å². The van der Waals surface area contributed by atoms with Gasteiger partial charge >= 0.3 is 5.97 Å². The number of aliphatic carboxylic acids is 1. The molecule has 0 radical (unpaired) electrons. The second kappa shape index (κ2) is 7.20. The third-order valence-corrected chi connectivity index (χ3v) is 4.57. The van der Waals surface area contributed by atoms with E-state index in [1.165, 1.54) is 12.1 Å². The van der Waals surface area contributed by atoms with Crippen molar-refractivity contribution in [1.29, 1.82) is 5.26 Å². The Morgan fingerprint density at radius 2 is 2.05 bits per heavy atom. The molecule has 6 nitrogen and oxygen atoms in total. The lowest BCUT2D eigenvalue weighted by atomic mass is 10.0. The van der Waals surface area contributed by atoms with Gasteiger partial charge in [0.1, 0.15) is 6.04 Å². The van der Waals surface area contributed by atoms with E-state index in [0.29, 0.717) is 12.0 Å². The summed E-state index contributed by atoms with van der Waals surface area (Å²) < 4.78 is 26.4. The number of carboxylic acid groups (broad SMARTS) is 1. The topological polar surface area (TPSA) is 107 Å². The molecule has 114 valence electrons. The maximum absolute atomic E-state index is 12.1. The lowest BCUT2D eigenvalue weighted by Crippen LogP contribution is -2.45. The molecule has 0 unspecified atom stereocenters. The highest BCUT2D eigenvalue weighted by atomic mass is 32.2. The molecule has 1 aromatic rings. The van der Waals surface area contributed by atoms with Gasteiger partial charge in [-0.2, -0.15) is 5.26 Å². The van der Waals surface area contributed by atoms with E-state index in [1.807, 2.05) is 6.07 Å². The van der Waals surface area contributed by atoms with Gasteiger partial charge in [-0.05, 0) is 17.5 Å². The summed E-state index contributed by atoms with van der Waals surface area (Å²) in [6.07, 6.45) is 0.536. The number of benzene rings is 1. The number of nitrogens with one attached hydrogen (secondary N) is 1. The molecule has 0 aliphatic carbocycles. The van der Waals surface area contributed by atoms with Crippen LogP contribution >= 0.6 is 0 Å². The van der Waals surface area contributed by atoms with E-state index < -0.39 is 27.8 Å². The predicted molar refractivity (Wildman–Crippen MR) is 77.8 cm³/mol. The van der Waals surface area contributed by atoms with E-state index in [2.05, 4.69) is 4.72 Å². The van der Waals surface area contributed by atoms with Crippen molar-refractivity contribution in [1.82, 2.24) is 4.72 Å². The number of sulfonamides is 1. The first kappa shape index (κ1) is 17.1. The monoisotopic (exact) mass is 310 g/mol.